The van der Waals surface area contributed by atoms with Gasteiger partial charge >= 0.3 is 0 Å². The van der Waals surface area contributed by atoms with Crippen LogP contribution in [0, 0.1) is 5.92 Å². The molecule has 1 rings (SSSR count). The molecule has 0 amide bonds. The number of nitrogens with zero attached hydrogens (tertiary/aromatic N) is 1. The van der Waals surface area contributed by atoms with Gasteiger partial charge in [0, 0.05) is 11.6 Å². The van der Waals surface area contributed by atoms with Gasteiger partial charge in [0.2, 0.25) is 0 Å². The minimum Gasteiger partial charge on any atom is -0.312 e. The summed E-state index contributed by atoms with van der Waals surface area (Å²) in [7, 11) is 0. The van der Waals surface area contributed by atoms with Gasteiger partial charge in [-0.2, -0.15) is 0 Å². The predicted molar refractivity (Wildman–Crippen MR) is 94.9 cm³/mol. The summed E-state index contributed by atoms with van der Waals surface area (Å²) < 4.78 is 0. The fourth-order valence-corrected chi connectivity index (χ4v) is 4.49. The summed E-state index contributed by atoms with van der Waals surface area (Å²) in [5.41, 5.74) is 0.432. The van der Waals surface area contributed by atoms with E-state index < -0.39 is 0 Å². The highest BCUT2D eigenvalue weighted by molar-refractivity contribution is 5.03. The summed E-state index contributed by atoms with van der Waals surface area (Å²) in [4.78, 5) is 2.77. The number of likely N-dealkylation sites (N-methyl/N-ethyl adjacent to an activating group) is 1. The van der Waals surface area contributed by atoms with Gasteiger partial charge < -0.3 is 5.32 Å². The maximum atomic E-state index is 3.96. The second-order valence-corrected chi connectivity index (χ2v) is 6.91. The molecule has 0 aliphatic heterocycles. The molecule has 1 N–H and O–H groups in total. The average molecular weight is 297 g/mol. The van der Waals surface area contributed by atoms with E-state index in [-0.39, 0.29) is 0 Å². The summed E-state index contributed by atoms with van der Waals surface area (Å²) in [5.74, 6) is 0.882. The molecule has 0 radical (unpaired) electrons. The monoisotopic (exact) mass is 296 g/mol. The van der Waals surface area contributed by atoms with E-state index in [1.54, 1.807) is 0 Å². The molecule has 1 aliphatic rings. The first-order chi connectivity index (χ1) is 10.2. The zero-order valence-electron chi connectivity index (χ0n) is 15.4. The van der Waals surface area contributed by atoms with Crippen molar-refractivity contribution in [3.63, 3.8) is 0 Å². The quantitative estimate of drug-likeness (QED) is 0.587. The lowest BCUT2D eigenvalue weighted by Gasteiger charge is -2.47. The van der Waals surface area contributed by atoms with Gasteiger partial charge in [0.1, 0.15) is 0 Å². The van der Waals surface area contributed by atoms with E-state index >= 15 is 0 Å². The molecule has 1 saturated carbocycles. The fraction of sp³-hybridized carbons (Fsp3) is 1.00. The van der Waals surface area contributed by atoms with Crippen LogP contribution in [0.2, 0.25) is 0 Å². The standard InChI is InChI=1S/C19H40N2/c1-6-15-20-18(16-17(7-2)8-3)19(13-11-12-14-19)21(9-4)10-5/h17-18,20H,6-16H2,1-5H3. The van der Waals surface area contributed by atoms with Crippen molar-refractivity contribution in [3.8, 4) is 0 Å². The molecule has 21 heavy (non-hydrogen) atoms. The Morgan fingerprint density at radius 1 is 0.952 bits per heavy atom. The number of nitrogens with one attached hydrogen (secondary N) is 1. The average Bonchev–Trinajstić information content (AvgIpc) is 2.99. The molecule has 0 aromatic heterocycles. The summed E-state index contributed by atoms with van der Waals surface area (Å²) in [6.07, 6.45) is 10.9. The van der Waals surface area contributed by atoms with Crippen molar-refractivity contribution < 1.29 is 0 Å². The van der Waals surface area contributed by atoms with Crippen molar-refractivity contribution in [2.45, 2.75) is 97.6 Å². The van der Waals surface area contributed by atoms with Gasteiger partial charge in [-0.05, 0) is 51.2 Å². The minimum absolute atomic E-state index is 0.432. The highest BCUT2D eigenvalue weighted by Gasteiger charge is 2.44. The molecule has 0 bridgehead atoms. The SMILES string of the molecule is CCCNC(CC(CC)CC)C1(N(CC)CC)CCCC1. The third-order valence-corrected chi connectivity index (χ3v) is 5.88. The normalized spacial score (nSPS) is 19.6. The highest BCUT2D eigenvalue weighted by Crippen LogP contribution is 2.40. The maximum absolute atomic E-state index is 3.96. The van der Waals surface area contributed by atoms with Gasteiger partial charge in [-0.25, -0.2) is 0 Å². The summed E-state index contributed by atoms with van der Waals surface area (Å²) in [5, 5.41) is 3.96. The summed E-state index contributed by atoms with van der Waals surface area (Å²) >= 11 is 0. The van der Waals surface area contributed by atoms with Gasteiger partial charge in [-0.1, -0.05) is 60.3 Å². The van der Waals surface area contributed by atoms with Crippen LogP contribution in [-0.4, -0.2) is 36.1 Å². The Kier molecular flexibility index (Phi) is 8.89. The van der Waals surface area contributed by atoms with Crippen molar-refractivity contribution in [1.29, 1.82) is 0 Å². The molecule has 1 unspecified atom stereocenters. The number of hydrogen-bond acceptors (Lipinski definition) is 2. The number of rotatable bonds is 11. The minimum atomic E-state index is 0.432. The van der Waals surface area contributed by atoms with E-state index in [2.05, 4.69) is 44.8 Å². The zero-order valence-corrected chi connectivity index (χ0v) is 15.4. The van der Waals surface area contributed by atoms with Gasteiger partial charge in [0.25, 0.3) is 0 Å². The van der Waals surface area contributed by atoms with Crippen LogP contribution in [-0.2, 0) is 0 Å². The molecule has 0 saturated heterocycles. The van der Waals surface area contributed by atoms with Crippen LogP contribution in [0.5, 0.6) is 0 Å². The van der Waals surface area contributed by atoms with Crippen molar-refractivity contribution in [1.82, 2.24) is 10.2 Å². The van der Waals surface area contributed by atoms with E-state index in [9.17, 15) is 0 Å². The molecule has 1 fully saturated rings. The van der Waals surface area contributed by atoms with E-state index in [4.69, 9.17) is 0 Å². The Morgan fingerprint density at radius 2 is 1.52 bits per heavy atom. The lowest BCUT2D eigenvalue weighted by molar-refractivity contribution is 0.0523. The van der Waals surface area contributed by atoms with Crippen LogP contribution in [0.25, 0.3) is 0 Å². The molecule has 2 heteroatoms. The first kappa shape index (κ1) is 19.0. The maximum Gasteiger partial charge on any atom is 0.0362 e. The topological polar surface area (TPSA) is 15.3 Å². The Labute approximate surface area is 134 Å². The molecular weight excluding hydrogens is 256 g/mol. The summed E-state index contributed by atoms with van der Waals surface area (Å²) in [6, 6.07) is 0.685. The van der Waals surface area contributed by atoms with Crippen LogP contribution in [0.3, 0.4) is 0 Å². The zero-order chi connectivity index (χ0) is 15.7. The first-order valence-corrected chi connectivity index (χ1v) is 9.66. The summed E-state index contributed by atoms with van der Waals surface area (Å²) in [6.45, 7) is 15.3. The van der Waals surface area contributed by atoms with Crippen molar-refractivity contribution >= 4 is 0 Å². The molecule has 126 valence electrons. The van der Waals surface area contributed by atoms with Crippen LogP contribution < -0.4 is 5.32 Å². The third kappa shape index (κ3) is 4.69. The van der Waals surface area contributed by atoms with Gasteiger partial charge in [-0.15, -0.1) is 0 Å². The van der Waals surface area contributed by atoms with E-state index in [0.29, 0.717) is 11.6 Å². The molecular formula is C19H40N2. The van der Waals surface area contributed by atoms with E-state index in [1.165, 1.54) is 71.0 Å². The second kappa shape index (κ2) is 9.84. The highest BCUT2D eigenvalue weighted by atomic mass is 15.2. The smallest absolute Gasteiger partial charge is 0.0362 e. The van der Waals surface area contributed by atoms with Crippen molar-refractivity contribution in [2.75, 3.05) is 19.6 Å². The van der Waals surface area contributed by atoms with Crippen molar-refractivity contribution in [2.24, 2.45) is 5.92 Å². The van der Waals surface area contributed by atoms with E-state index in [1.807, 2.05) is 0 Å². The molecule has 1 aliphatic carbocycles. The van der Waals surface area contributed by atoms with Crippen molar-refractivity contribution in [3.05, 3.63) is 0 Å². The molecule has 1 atom stereocenters. The lowest BCUT2D eigenvalue weighted by atomic mass is 9.79. The molecule has 2 nitrogen and oxygen atoms in total. The second-order valence-electron chi connectivity index (χ2n) is 6.91. The fourth-order valence-electron chi connectivity index (χ4n) is 4.49. The van der Waals surface area contributed by atoms with Crippen LogP contribution in [0.15, 0.2) is 0 Å². The largest absolute Gasteiger partial charge is 0.312 e. The Morgan fingerprint density at radius 3 is 1.95 bits per heavy atom. The van der Waals surface area contributed by atoms with E-state index in [0.717, 1.165) is 5.92 Å². The lowest BCUT2D eigenvalue weighted by Crippen LogP contribution is -2.60. The predicted octanol–water partition coefficient (Wildman–Crippen LogP) is 4.84. The molecule has 0 aromatic rings. The molecule has 0 spiro atoms. The van der Waals surface area contributed by atoms with Gasteiger partial charge in [0.05, 0.1) is 0 Å². The Bertz CT molecular complexity index is 250. The Balaban J connectivity index is 2.93. The third-order valence-electron chi connectivity index (χ3n) is 5.88. The van der Waals surface area contributed by atoms with Gasteiger partial charge in [0.15, 0.2) is 0 Å². The molecule has 0 heterocycles. The van der Waals surface area contributed by atoms with Gasteiger partial charge in [-0.3, -0.25) is 4.90 Å². The molecule has 0 aromatic carbocycles. The van der Waals surface area contributed by atoms with Crippen LogP contribution in [0.4, 0.5) is 0 Å². The van der Waals surface area contributed by atoms with Crippen LogP contribution in [0.1, 0.15) is 86.0 Å². The Hall–Kier alpha value is -0.0800. The van der Waals surface area contributed by atoms with Crippen LogP contribution >= 0.6 is 0 Å². The first-order valence-electron chi connectivity index (χ1n) is 9.66. The number of hydrogen-bond donors (Lipinski definition) is 1.